The van der Waals surface area contributed by atoms with Gasteiger partial charge < -0.3 is 5.32 Å². The molecule has 0 spiro atoms. The van der Waals surface area contributed by atoms with Crippen LogP contribution in [0.3, 0.4) is 0 Å². The molecule has 0 amide bonds. The first-order chi connectivity index (χ1) is 8.60. The van der Waals surface area contributed by atoms with Crippen molar-refractivity contribution in [3.63, 3.8) is 0 Å². The van der Waals surface area contributed by atoms with Crippen LogP contribution in [-0.2, 0) is 13.5 Å². The number of halogens is 2. The molecule has 1 N–H and O–H groups in total. The Kier molecular flexibility index (Phi) is 4.53. The first kappa shape index (κ1) is 13.7. The zero-order valence-electron chi connectivity index (χ0n) is 10.2. The van der Waals surface area contributed by atoms with Crippen LogP contribution in [0.2, 0.25) is 0 Å². The molecule has 96 valence electrons. The van der Waals surface area contributed by atoms with Crippen LogP contribution in [0.1, 0.15) is 17.4 Å². The van der Waals surface area contributed by atoms with E-state index in [0.717, 1.165) is 26.8 Å². The third kappa shape index (κ3) is 3.18. The first-order valence-electron chi connectivity index (χ1n) is 5.57. The van der Waals surface area contributed by atoms with E-state index in [1.54, 1.807) is 0 Å². The van der Waals surface area contributed by atoms with Gasteiger partial charge in [-0.25, -0.2) is 0 Å². The fraction of sp³-hybridized carbons (Fsp3) is 0.333. The summed E-state index contributed by atoms with van der Waals surface area (Å²) in [5, 5.41) is 7.67. The third-order valence-corrected chi connectivity index (χ3v) is 3.77. The van der Waals surface area contributed by atoms with Gasteiger partial charge >= 0.3 is 0 Å². The SMILES string of the molecule is CNC(Cc1ccn(C)n1)c1ncc(Br)cc1Br. The van der Waals surface area contributed by atoms with E-state index >= 15 is 0 Å². The lowest BCUT2D eigenvalue weighted by Gasteiger charge is -2.16. The summed E-state index contributed by atoms with van der Waals surface area (Å²) in [6.45, 7) is 0. The Balaban J connectivity index is 2.22. The van der Waals surface area contributed by atoms with Crippen molar-refractivity contribution in [2.75, 3.05) is 7.05 Å². The summed E-state index contributed by atoms with van der Waals surface area (Å²) in [5.41, 5.74) is 2.04. The molecule has 0 aliphatic carbocycles. The second-order valence-electron chi connectivity index (χ2n) is 4.05. The summed E-state index contributed by atoms with van der Waals surface area (Å²) in [4.78, 5) is 4.46. The number of aromatic nitrogens is 3. The topological polar surface area (TPSA) is 42.7 Å². The molecule has 0 radical (unpaired) electrons. The first-order valence-corrected chi connectivity index (χ1v) is 7.15. The van der Waals surface area contributed by atoms with Crippen LogP contribution in [0, 0.1) is 0 Å². The van der Waals surface area contributed by atoms with Crippen molar-refractivity contribution >= 4 is 31.9 Å². The number of hydrogen-bond acceptors (Lipinski definition) is 3. The number of likely N-dealkylation sites (N-methyl/N-ethyl adjacent to an activating group) is 1. The molecule has 1 atom stereocenters. The molecule has 0 bridgehead atoms. The number of pyridine rings is 1. The van der Waals surface area contributed by atoms with Crippen LogP contribution in [0.15, 0.2) is 33.5 Å². The second kappa shape index (κ2) is 5.95. The van der Waals surface area contributed by atoms with Gasteiger partial charge in [-0.3, -0.25) is 9.67 Å². The predicted molar refractivity (Wildman–Crippen MR) is 78.3 cm³/mol. The number of hydrogen-bond donors (Lipinski definition) is 1. The van der Waals surface area contributed by atoms with Gasteiger partial charge in [0, 0.05) is 34.8 Å². The molecule has 4 nitrogen and oxygen atoms in total. The highest BCUT2D eigenvalue weighted by molar-refractivity contribution is 9.11. The molecule has 0 saturated carbocycles. The van der Waals surface area contributed by atoms with E-state index < -0.39 is 0 Å². The monoisotopic (exact) mass is 372 g/mol. The largest absolute Gasteiger partial charge is 0.311 e. The Morgan fingerprint density at radius 1 is 1.44 bits per heavy atom. The van der Waals surface area contributed by atoms with Gasteiger partial charge in [0.2, 0.25) is 0 Å². The molecule has 0 fully saturated rings. The van der Waals surface area contributed by atoms with E-state index in [9.17, 15) is 0 Å². The molecule has 0 aliphatic rings. The average Bonchev–Trinajstić information content (AvgIpc) is 2.72. The number of aryl methyl sites for hydroxylation is 1. The zero-order valence-corrected chi connectivity index (χ0v) is 13.4. The van der Waals surface area contributed by atoms with Gasteiger partial charge in [-0.1, -0.05) is 0 Å². The smallest absolute Gasteiger partial charge is 0.0719 e. The standard InChI is InChI=1S/C12H14Br2N4/c1-15-11(6-9-3-4-18(2)17-9)12-10(14)5-8(13)7-16-12/h3-5,7,11,15H,6H2,1-2H3. The van der Waals surface area contributed by atoms with Crippen molar-refractivity contribution < 1.29 is 0 Å². The van der Waals surface area contributed by atoms with Crippen molar-refractivity contribution in [1.82, 2.24) is 20.1 Å². The van der Waals surface area contributed by atoms with E-state index in [0.29, 0.717) is 0 Å². The summed E-state index contributed by atoms with van der Waals surface area (Å²) in [6.07, 6.45) is 4.57. The number of nitrogens with one attached hydrogen (secondary N) is 1. The molecule has 2 heterocycles. The molecule has 0 saturated heterocycles. The lowest BCUT2D eigenvalue weighted by Crippen LogP contribution is -2.20. The summed E-state index contributed by atoms with van der Waals surface area (Å²) >= 11 is 6.96. The molecular formula is C12H14Br2N4. The zero-order chi connectivity index (χ0) is 13.1. The van der Waals surface area contributed by atoms with Gasteiger partial charge in [-0.15, -0.1) is 0 Å². The Labute approximate surface area is 123 Å². The van der Waals surface area contributed by atoms with E-state index in [4.69, 9.17) is 0 Å². The fourth-order valence-electron chi connectivity index (χ4n) is 1.80. The van der Waals surface area contributed by atoms with Crippen LogP contribution in [-0.4, -0.2) is 21.8 Å². The van der Waals surface area contributed by atoms with Crippen LogP contribution < -0.4 is 5.32 Å². The van der Waals surface area contributed by atoms with Crippen molar-refractivity contribution in [1.29, 1.82) is 0 Å². The molecule has 1 unspecified atom stereocenters. The Bertz CT molecular complexity index is 539. The molecule has 18 heavy (non-hydrogen) atoms. The van der Waals surface area contributed by atoms with Crippen LogP contribution in [0.4, 0.5) is 0 Å². The van der Waals surface area contributed by atoms with Crippen LogP contribution >= 0.6 is 31.9 Å². The summed E-state index contributed by atoms with van der Waals surface area (Å²) < 4.78 is 3.77. The van der Waals surface area contributed by atoms with Gasteiger partial charge in [0.1, 0.15) is 0 Å². The molecule has 2 aromatic heterocycles. The third-order valence-electron chi connectivity index (χ3n) is 2.70. The Hall–Kier alpha value is -0.720. The predicted octanol–water partition coefficient (Wildman–Crippen LogP) is 2.84. The average molecular weight is 374 g/mol. The highest BCUT2D eigenvalue weighted by atomic mass is 79.9. The van der Waals surface area contributed by atoms with E-state index in [-0.39, 0.29) is 6.04 Å². The molecule has 6 heteroatoms. The van der Waals surface area contributed by atoms with Gasteiger partial charge in [-0.2, -0.15) is 5.10 Å². The van der Waals surface area contributed by atoms with Crippen LogP contribution in [0.25, 0.3) is 0 Å². The molecule has 0 aliphatic heterocycles. The van der Waals surface area contributed by atoms with E-state index in [1.807, 2.05) is 43.3 Å². The minimum absolute atomic E-state index is 0.141. The molecule has 2 aromatic rings. The fourth-order valence-corrected chi connectivity index (χ4v) is 3.06. The minimum Gasteiger partial charge on any atom is -0.311 e. The van der Waals surface area contributed by atoms with Crippen molar-refractivity contribution in [2.45, 2.75) is 12.5 Å². The van der Waals surface area contributed by atoms with Crippen molar-refractivity contribution in [3.8, 4) is 0 Å². The van der Waals surface area contributed by atoms with Gasteiger partial charge in [0.25, 0.3) is 0 Å². The van der Waals surface area contributed by atoms with Gasteiger partial charge in [-0.05, 0) is 51.0 Å². The lowest BCUT2D eigenvalue weighted by atomic mass is 10.1. The van der Waals surface area contributed by atoms with Crippen molar-refractivity contribution in [3.05, 3.63) is 44.9 Å². The maximum atomic E-state index is 4.46. The minimum atomic E-state index is 0.141. The van der Waals surface area contributed by atoms with Gasteiger partial charge in [0.05, 0.1) is 17.4 Å². The Morgan fingerprint density at radius 2 is 2.22 bits per heavy atom. The molecule has 0 aromatic carbocycles. The maximum Gasteiger partial charge on any atom is 0.0719 e. The lowest BCUT2D eigenvalue weighted by molar-refractivity contribution is 0.560. The highest BCUT2D eigenvalue weighted by Gasteiger charge is 2.16. The number of nitrogens with zero attached hydrogens (tertiary/aromatic N) is 3. The normalized spacial score (nSPS) is 12.7. The number of rotatable bonds is 4. The summed E-state index contributed by atoms with van der Waals surface area (Å²) in [5.74, 6) is 0. The summed E-state index contributed by atoms with van der Waals surface area (Å²) in [6, 6.07) is 4.17. The quantitative estimate of drug-likeness (QED) is 0.895. The van der Waals surface area contributed by atoms with Crippen molar-refractivity contribution in [2.24, 2.45) is 7.05 Å². The van der Waals surface area contributed by atoms with E-state index in [1.165, 1.54) is 0 Å². The summed E-state index contributed by atoms with van der Waals surface area (Å²) in [7, 11) is 3.86. The molecular weight excluding hydrogens is 360 g/mol. The van der Waals surface area contributed by atoms with Gasteiger partial charge in [0.15, 0.2) is 0 Å². The van der Waals surface area contributed by atoms with E-state index in [2.05, 4.69) is 47.3 Å². The highest BCUT2D eigenvalue weighted by Crippen LogP contribution is 2.26. The Morgan fingerprint density at radius 3 is 2.78 bits per heavy atom. The molecule has 2 rings (SSSR count). The second-order valence-corrected chi connectivity index (χ2v) is 5.82. The van der Waals surface area contributed by atoms with Crippen LogP contribution in [0.5, 0.6) is 0 Å². The maximum absolute atomic E-state index is 4.46.